The van der Waals surface area contributed by atoms with Gasteiger partial charge in [0.15, 0.2) is 0 Å². The Morgan fingerprint density at radius 2 is 2.50 bits per heavy atom. The molecule has 0 aliphatic heterocycles. The molecule has 0 aliphatic carbocycles. The van der Waals surface area contributed by atoms with Gasteiger partial charge in [0.2, 0.25) is 0 Å². The molecule has 58 valence electrons. The zero-order valence-corrected chi connectivity index (χ0v) is 6.34. The number of ether oxygens (including phenoxy) is 1. The molecular weight excluding hydrogens is 156 g/mol. The van der Waals surface area contributed by atoms with Gasteiger partial charge in [-0.15, -0.1) is 0 Å². The van der Waals surface area contributed by atoms with Crippen molar-refractivity contribution in [3.05, 3.63) is 11.6 Å². The summed E-state index contributed by atoms with van der Waals surface area (Å²) in [6.45, 7) is 1.53. The van der Waals surface area contributed by atoms with E-state index in [0.29, 0.717) is 0 Å². The van der Waals surface area contributed by atoms with E-state index in [1.807, 2.05) is 0 Å². The van der Waals surface area contributed by atoms with Gasteiger partial charge in [0.25, 0.3) is 0 Å². The first-order valence-electron chi connectivity index (χ1n) is 2.78. The second-order valence-corrected chi connectivity index (χ2v) is 2.02. The van der Waals surface area contributed by atoms with E-state index in [1.165, 1.54) is 6.92 Å². The first-order chi connectivity index (χ1) is 4.66. The molecule has 0 radical (unpaired) electrons. The van der Waals surface area contributed by atoms with E-state index >= 15 is 0 Å². The summed E-state index contributed by atoms with van der Waals surface area (Å²) in [5.41, 5.74) is 1.06. The lowest BCUT2D eigenvalue weighted by molar-refractivity contribution is -0.140. The highest BCUT2D eigenvalue weighted by Crippen LogP contribution is 1.87. The van der Waals surface area contributed by atoms with Gasteiger partial charge in [0.1, 0.15) is 6.61 Å². The molecule has 0 aromatic carbocycles. The van der Waals surface area contributed by atoms with Crippen molar-refractivity contribution in [2.45, 2.75) is 13.0 Å². The number of esters is 1. The molecule has 0 fully saturated rings. The molecule has 0 bridgehead atoms. The molecule has 0 heterocycles. The van der Waals surface area contributed by atoms with Crippen LogP contribution in [0, 0.1) is 0 Å². The van der Waals surface area contributed by atoms with Gasteiger partial charge < -0.3 is 9.84 Å². The minimum absolute atomic E-state index is 0.0000617. The maximum absolute atomic E-state index is 10.4. The van der Waals surface area contributed by atoms with E-state index in [-0.39, 0.29) is 6.61 Å². The first-order valence-corrected chi connectivity index (χ1v) is 3.22. The van der Waals surface area contributed by atoms with Crippen molar-refractivity contribution in [3.63, 3.8) is 0 Å². The summed E-state index contributed by atoms with van der Waals surface area (Å²) >= 11 is 5.07. The number of aliphatic hydroxyl groups excluding tert-OH is 1. The van der Waals surface area contributed by atoms with Gasteiger partial charge in [-0.2, -0.15) is 0 Å². The molecule has 0 rings (SSSR count). The second kappa shape index (κ2) is 5.26. The lowest BCUT2D eigenvalue weighted by Crippen LogP contribution is -2.13. The fourth-order valence-corrected chi connectivity index (χ4v) is 0.405. The number of hydrogen-bond donors (Lipinski definition) is 1. The second-order valence-electron chi connectivity index (χ2n) is 1.77. The van der Waals surface area contributed by atoms with Gasteiger partial charge in [-0.25, -0.2) is 4.79 Å². The summed E-state index contributed by atoms with van der Waals surface area (Å²) in [6.07, 6.45) is 0.442. The first kappa shape index (κ1) is 9.46. The molecular formula is C6H9ClO3. The van der Waals surface area contributed by atoms with Crippen LogP contribution in [0.25, 0.3) is 0 Å². The van der Waals surface area contributed by atoms with Crippen LogP contribution in [0.3, 0.4) is 0 Å². The number of hydrogen-bond acceptors (Lipinski definition) is 3. The molecule has 0 aromatic heterocycles. The lowest BCUT2D eigenvalue weighted by atomic mass is 10.4. The molecule has 1 N–H and O–H groups in total. The molecule has 4 heteroatoms. The standard InChI is InChI=1S/C6H9ClO3/c1-5(8)4-10-6(9)2-3-7/h2-3,5,8H,4H2,1H3. The van der Waals surface area contributed by atoms with Crippen LogP contribution in [0.1, 0.15) is 6.92 Å². The zero-order chi connectivity index (χ0) is 7.98. The largest absolute Gasteiger partial charge is 0.460 e. The third-order valence-corrected chi connectivity index (χ3v) is 0.792. The Bertz CT molecular complexity index is 131. The van der Waals surface area contributed by atoms with Crippen LogP contribution in [-0.4, -0.2) is 23.8 Å². The fraction of sp³-hybridized carbons (Fsp3) is 0.500. The fourth-order valence-electron chi connectivity index (χ4n) is 0.302. The van der Waals surface area contributed by atoms with Crippen molar-refractivity contribution < 1.29 is 14.6 Å². The van der Waals surface area contributed by atoms with Crippen LogP contribution < -0.4 is 0 Å². The number of rotatable bonds is 3. The number of carbonyl (C=O) groups excluding carboxylic acids is 1. The van der Waals surface area contributed by atoms with Crippen molar-refractivity contribution >= 4 is 17.6 Å². The van der Waals surface area contributed by atoms with E-state index < -0.39 is 12.1 Å². The van der Waals surface area contributed by atoms with E-state index in [1.54, 1.807) is 0 Å². The Kier molecular flexibility index (Phi) is 4.98. The quantitative estimate of drug-likeness (QED) is 0.493. The molecule has 0 spiro atoms. The summed E-state index contributed by atoms with van der Waals surface area (Å²) in [6, 6.07) is 0. The maximum Gasteiger partial charge on any atom is 0.331 e. The highest BCUT2D eigenvalue weighted by molar-refractivity contribution is 6.26. The molecule has 0 amide bonds. The molecule has 0 aromatic rings. The lowest BCUT2D eigenvalue weighted by Gasteiger charge is -2.02. The van der Waals surface area contributed by atoms with Crippen molar-refractivity contribution in [1.82, 2.24) is 0 Å². The normalized spacial score (nSPS) is 13.5. The van der Waals surface area contributed by atoms with Crippen LogP contribution in [0.5, 0.6) is 0 Å². The predicted molar refractivity (Wildman–Crippen MR) is 37.6 cm³/mol. The number of halogens is 1. The van der Waals surface area contributed by atoms with Gasteiger partial charge in [-0.3, -0.25) is 0 Å². The van der Waals surface area contributed by atoms with E-state index in [9.17, 15) is 4.79 Å². The monoisotopic (exact) mass is 164 g/mol. The van der Waals surface area contributed by atoms with Crippen molar-refractivity contribution in [3.8, 4) is 0 Å². The summed E-state index contributed by atoms with van der Waals surface area (Å²) in [5.74, 6) is -0.545. The Balaban J connectivity index is 3.40. The number of aliphatic hydroxyl groups is 1. The van der Waals surface area contributed by atoms with Crippen molar-refractivity contribution in [1.29, 1.82) is 0 Å². The van der Waals surface area contributed by atoms with Gasteiger partial charge in [0.05, 0.1) is 6.10 Å². The third kappa shape index (κ3) is 5.59. The van der Waals surface area contributed by atoms with Gasteiger partial charge >= 0.3 is 5.97 Å². The Morgan fingerprint density at radius 1 is 1.90 bits per heavy atom. The van der Waals surface area contributed by atoms with E-state index in [4.69, 9.17) is 16.7 Å². The molecule has 3 nitrogen and oxygen atoms in total. The molecule has 0 saturated heterocycles. The van der Waals surface area contributed by atoms with Gasteiger partial charge in [-0.05, 0) is 6.92 Å². The maximum atomic E-state index is 10.4. The molecule has 10 heavy (non-hydrogen) atoms. The van der Waals surface area contributed by atoms with Crippen LogP contribution in [0.15, 0.2) is 11.6 Å². The summed E-state index contributed by atoms with van der Waals surface area (Å²) < 4.78 is 4.48. The summed E-state index contributed by atoms with van der Waals surface area (Å²) in [4.78, 5) is 10.4. The van der Waals surface area contributed by atoms with Crippen LogP contribution in [-0.2, 0) is 9.53 Å². The van der Waals surface area contributed by atoms with Crippen LogP contribution >= 0.6 is 11.6 Å². The molecule has 1 atom stereocenters. The molecule has 0 aliphatic rings. The average molecular weight is 165 g/mol. The average Bonchev–Trinajstić information content (AvgIpc) is 1.85. The molecule has 0 saturated carbocycles. The SMILES string of the molecule is CC(O)COC(=O)C=CCl. The highest BCUT2D eigenvalue weighted by atomic mass is 35.5. The summed E-state index contributed by atoms with van der Waals surface area (Å²) in [7, 11) is 0. The van der Waals surface area contributed by atoms with Crippen LogP contribution in [0.2, 0.25) is 0 Å². The van der Waals surface area contributed by atoms with Crippen molar-refractivity contribution in [2.75, 3.05) is 6.61 Å². The third-order valence-electron chi connectivity index (χ3n) is 0.666. The smallest absolute Gasteiger partial charge is 0.331 e. The topological polar surface area (TPSA) is 46.5 Å². The Hall–Kier alpha value is -0.540. The number of carbonyl (C=O) groups is 1. The predicted octanol–water partition coefficient (Wildman–Crippen LogP) is 0.663. The summed E-state index contributed by atoms with van der Waals surface area (Å²) in [5, 5.41) is 8.64. The Morgan fingerprint density at radius 3 is 2.90 bits per heavy atom. The van der Waals surface area contributed by atoms with E-state index in [0.717, 1.165) is 11.6 Å². The minimum Gasteiger partial charge on any atom is -0.460 e. The van der Waals surface area contributed by atoms with Crippen molar-refractivity contribution in [2.24, 2.45) is 0 Å². The zero-order valence-electron chi connectivity index (χ0n) is 5.58. The molecule has 1 unspecified atom stereocenters. The van der Waals surface area contributed by atoms with E-state index in [2.05, 4.69) is 4.74 Å². The van der Waals surface area contributed by atoms with Crippen LogP contribution in [0.4, 0.5) is 0 Å². The minimum atomic E-state index is -0.632. The van der Waals surface area contributed by atoms with Gasteiger partial charge in [-0.1, -0.05) is 11.6 Å². The van der Waals surface area contributed by atoms with Gasteiger partial charge in [0, 0.05) is 11.6 Å². The highest BCUT2D eigenvalue weighted by Gasteiger charge is 1.98. The Labute approximate surface area is 64.2 Å².